The fourth-order valence-corrected chi connectivity index (χ4v) is 18.5. The van der Waals surface area contributed by atoms with Gasteiger partial charge in [-0.15, -0.1) is 0 Å². The lowest BCUT2D eigenvalue weighted by Gasteiger charge is -2.35. The molecule has 0 aliphatic heterocycles. The molecule has 0 radical (unpaired) electrons. The minimum atomic E-state index is -1.15. The van der Waals surface area contributed by atoms with Gasteiger partial charge in [0.15, 0.2) is 23.3 Å². The van der Waals surface area contributed by atoms with Crippen molar-refractivity contribution in [2.24, 2.45) is 0 Å². The molecule has 4 aliphatic rings. The summed E-state index contributed by atoms with van der Waals surface area (Å²) >= 11 is 0. The molecule has 0 aromatic heterocycles. The third-order valence-electron chi connectivity index (χ3n) is 23.3. The molecule has 4 nitrogen and oxygen atoms in total. The average Bonchev–Trinajstić information content (AvgIpc) is 1.49. The van der Waals surface area contributed by atoms with Crippen LogP contribution in [0.2, 0.25) is 0 Å². The van der Waals surface area contributed by atoms with Crippen LogP contribution in [0.5, 0.6) is 23.0 Å². The maximum Gasteiger partial charge on any atom is 0.182 e. The van der Waals surface area contributed by atoms with Crippen LogP contribution in [0.25, 0.3) is 56.7 Å². The van der Waals surface area contributed by atoms with Gasteiger partial charge in [-0.2, -0.15) is 0 Å². The summed E-state index contributed by atoms with van der Waals surface area (Å²) < 4.78 is 112. The zero-order valence-corrected chi connectivity index (χ0v) is 60.5. The van der Waals surface area contributed by atoms with Crippen molar-refractivity contribution in [3.8, 4) is 67.5 Å². The lowest BCUT2D eigenvalue weighted by Crippen LogP contribution is -2.29. The predicted molar refractivity (Wildman–Crippen MR) is 440 cm³/mol. The van der Waals surface area contributed by atoms with Crippen molar-refractivity contribution >= 4 is 46.3 Å². The Balaban J connectivity index is 0.775. The molecule has 0 bridgehead atoms. The minimum absolute atomic E-state index is 0.0556. The van der Waals surface area contributed by atoms with E-state index in [1.54, 1.807) is 34.1 Å². The summed E-state index contributed by atoms with van der Waals surface area (Å²) in [5.74, 6) is -2.57. The normalized spacial score (nSPS) is 16.1. The Morgan fingerprint density at radius 3 is 0.796 bits per heavy atom. The number of benzene rings is 16. The van der Waals surface area contributed by atoms with Gasteiger partial charge in [-0.25, -0.2) is 26.3 Å². The highest BCUT2D eigenvalue weighted by molar-refractivity contribution is 5.99. The van der Waals surface area contributed by atoms with Gasteiger partial charge in [0.25, 0.3) is 0 Å². The molecule has 0 heterocycles. The summed E-state index contributed by atoms with van der Waals surface area (Å²) in [6, 6.07) is 110. The topological polar surface area (TPSA) is 24.9 Å². The van der Waals surface area contributed by atoms with Crippen LogP contribution in [0.4, 0.5) is 60.5 Å². The summed E-state index contributed by atoms with van der Waals surface area (Å²) in [5.41, 5.74) is 18.1. The van der Waals surface area contributed by atoms with Gasteiger partial charge in [-0.3, -0.25) is 0 Å². The molecule has 2 unspecified atom stereocenters. The smallest absolute Gasteiger partial charge is 0.182 e. The molecular formula is C103H64F6N2O2. The summed E-state index contributed by atoms with van der Waals surface area (Å²) in [6.07, 6.45) is 3.55. The molecule has 1 spiro atoms. The maximum absolute atomic E-state index is 17.6. The van der Waals surface area contributed by atoms with Crippen LogP contribution in [0.3, 0.4) is 0 Å². The number of fused-ring (bicyclic) bond motifs is 16. The molecule has 16 aromatic rings. The summed E-state index contributed by atoms with van der Waals surface area (Å²) in [5, 5.41) is 0. The van der Waals surface area contributed by atoms with E-state index in [4.69, 9.17) is 9.47 Å². The molecule has 0 fully saturated rings. The Kier molecular flexibility index (Phi) is 16.0. The summed E-state index contributed by atoms with van der Waals surface area (Å²) in [7, 11) is 0. The molecule has 0 amide bonds. The van der Waals surface area contributed by atoms with E-state index >= 15 is 26.3 Å². The number of nitrogens with zero attached hydrogens (tertiary/aromatic N) is 2. The van der Waals surface area contributed by atoms with E-state index in [1.165, 1.54) is 36.4 Å². The molecule has 113 heavy (non-hydrogen) atoms. The molecule has 10 heteroatoms. The highest BCUT2D eigenvalue weighted by atomic mass is 19.2. The van der Waals surface area contributed by atoms with Crippen LogP contribution >= 0.6 is 0 Å². The highest BCUT2D eigenvalue weighted by Gasteiger charge is 2.54. The third-order valence-corrected chi connectivity index (χ3v) is 23.3. The van der Waals surface area contributed by atoms with Crippen LogP contribution in [0.1, 0.15) is 77.9 Å². The minimum Gasteiger partial charge on any atom is -0.457 e. The van der Waals surface area contributed by atoms with Crippen LogP contribution in [0.15, 0.2) is 365 Å². The van der Waals surface area contributed by atoms with Gasteiger partial charge in [-0.05, 0) is 268 Å². The van der Waals surface area contributed by atoms with Crippen molar-refractivity contribution in [1.29, 1.82) is 0 Å². The molecule has 16 aromatic carbocycles. The molecule has 4 aliphatic carbocycles. The standard InChI is InChI=1S/C103H64F6N2O2/c1-3-63-27-47-75(48-28-63)112-77-51-35-67(36-52-77)101(65-31-39-69(104)40-32-65)87-19-9-5-15-79(87)83-55-43-71(59-91(83)101)110(97-25-13-23-95(106)99(97)108)73-45-57-85-81-17-7-11-21-89(81)103(93(85)61-73)90-22-12-8-18-82(90)86-58-46-74(62-94(86)103)111(98-26-14-24-96(107)100(98)109)72-44-56-84-80-16-6-10-20-88(80)102(92(84)60-72,66-33-41-70(105)42-34-66)68-37-53-78(54-38-68)113-76-49-29-64(4-2)30-50-76/h3-62H,1-2H2. The monoisotopic (exact) mass is 1470 g/mol. The van der Waals surface area contributed by atoms with Crippen molar-refractivity contribution in [2.45, 2.75) is 16.2 Å². The lowest BCUT2D eigenvalue weighted by atomic mass is 9.67. The Hall–Kier alpha value is -14.2. The van der Waals surface area contributed by atoms with Crippen molar-refractivity contribution in [1.82, 2.24) is 0 Å². The molecule has 0 saturated carbocycles. The van der Waals surface area contributed by atoms with E-state index < -0.39 is 51.1 Å². The zero-order chi connectivity index (χ0) is 76.4. The van der Waals surface area contributed by atoms with Crippen LogP contribution in [0, 0.1) is 34.9 Å². The third kappa shape index (κ3) is 10.4. The SMILES string of the molecule is C=Cc1ccc(Oc2ccc(C3(c4ccc(F)cc4)c4ccccc4-c4ccc(N(c5ccc6c(c5)C5(c7ccccc7-6)c6ccccc6-c6ccc(N(c7ccc8c(c7)C(c7ccc(F)cc7)(c7ccc(Oc9ccc(C=C)cc9)cc7)c7ccccc7-8)c7cccc(F)c7F)cc65)c5cccc(F)c5F)cc43)cc2)cc1. The number of ether oxygens (including phenoxy) is 2. The molecule has 2 atom stereocenters. The first-order valence-corrected chi connectivity index (χ1v) is 37.4. The Morgan fingerprint density at radius 1 is 0.239 bits per heavy atom. The first-order valence-electron chi connectivity index (χ1n) is 37.4. The van der Waals surface area contributed by atoms with E-state index in [9.17, 15) is 0 Å². The first-order chi connectivity index (χ1) is 55.4. The second kappa shape index (κ2) is 26.5. The van der Waals surface area contributed by atoms with E-state index in [2.05, 4.69) is 98.1 Å². The zero-order valence-electron chi connectivity index (χ0n) is 60.5. The highest BCUT2D eigenvalue weighted by Crippen LogP contribution is 2.66. The fraction of sp³-hybridized carbons (Fsp3) is 0.0291. The fourth-order valence-electron chi connectivity index (χ4n) is 18.5. The molecule has 0 saturated heterocycles. The molecule has 540 valence electrons. The van der Waals surface area contributed by atoms with E-state index in [1.807, 2.05) is 206 Å². The number of hydrogen-bond donors (Lipinski definition) is 0. The van der Waals surface area contributed by atoms with Crippen molar-refractivity contribution in [3.05, 3.63) is 478 Å². The summed E-state index contributed by atoms with van der Waals surface area (Å²) in [6.45, 7) is 7.80. The van der Waals surface area contributed by atoms with E-state index in [-0.39, 0.29) is 11.4 Å². The number of halogens is 6. The predicted octanol–water partition coefficient (Wildman–Crippen LogP) is 27.4. The van der Waals surface area contributed by atoms with Crippen molar-refractivity contribution in [2.75, 3.05) is 9.80 Å². The van der Waals surface area contributed by atoms with Gasteiger partial charge in [0.05, 0.1) is 27.6 Å². The van der Waals surface area contributed by atoms with Gasteiger partial charge in [0.2, 0.25) is 0 Å². The van der Waals surface area contributed by atoms with E-state index in [0.717, 1.165) is 135 Å². The summed E-state index contributed by atoms with van der Waals surface area (Å²) in [4.78, 5) is 3.55. The van der Waals surface area contributed by atoms with Gasteiger partial charge >= 0.3 is 0 Å². The molecular weight excluding hydrogens is 1410 g/mol. The second-order valence-electron chi connectivity index (χ2n) is 29.0. The Bertz CT molecular complexity index is 6160. The maximum atomic E-state index is 17.6. The number of rotatable bonds is 16. The van der Waals surface area contributed by atoms with Crippen LogP contribution in [-0.2, 0) is 16.2 Å². The Morgan fingerprint density at radius 2 is 0.496 bits per heavy atom. The van der Waals surface area contributed by atoms with Crippen molar-refractivity contribution < 1.29 is 35.8 Å². The van der Waals surface area contributed by atoms with Crippen molar-refractivity contribution in [3.63, 3.8) is 0 Å². The molecule has 0 N–H and O–H groups in total. The Labute approximate surface area is 649 Å². The number of hydrogen-bond acceptors (Lipinski definition) is 4. The van der Waals surface area contributed by atoms with Crippen LogP contribution < -0.4 is 19.3 Å². The first kappa shape index (κ1) is 68.1. The van der Waals surface area contributed by atoms with Gasteiger partial charge in [0, 0.05) is 22.7 Å². The second-order valence-corrected chi connectivity index (χ2v) is 29.0. The number of anilines is 6. The van der Waals surface area contributed by atoms with Crippen LogP contribution in [-0.4, -0.2) is 0 Å². The van der Waals surface area contributed by atoms with Gasteiger partial charge in [-0.1, -0.05) is 232 Å². The lowest BCUT2D eigenvalue weighted by molar-refractivity contribution is 0.482. The molecule has 20 rings (SSSR count). The quantitative estimate of drug-likeness (QED) is 0.0900. The van der Waals surface area contributed by atoms with Gasteiger partial charge in [0.1, 0.15) is 34.6 Å². The van der Waals surface area contributed by atoms with E-state index in [0.29, 0.717) is 45.7 Å². The average molecular weight is 1480 g/mol. The largest absolute Gasteiger partial charge is 0.457 e. The van der Waals surface area contributed by atoms with Gasteiger partial charge < -0.3 is 19.3 Å².